The lowest BCUT2D eigenvalue weighted by Crippen LogP contribution is -2.68. The molecule has 1 saturated carbocycles. The summed E-state index contributed by atoms with van der Waals surface area (Å²) in [5.74, 6) is 0. The molecule has 3 heterocycles. The zero-order valence-corrected chi connectivity index (χ0v) is 23.8. The van der Waals surface area contributed by atoms with Crippen molar-refractivity contribution in [1.82, 2.24) is 0 Å². The average Bonchev–Trinajstić information content (AvgIpc) is 3.33. The lowest BCUT2D eigenvalue weighted by Gasteiger charge is -2.47. The van der Waals surface area contributed by atoms with Crippen molar-refractivity contribution in [1.29, 1.82) is 0 Å². The van der Waals surface area contributed by atoms with E-state index < -0.39 is 136 Å². The molecule has 3 saturated heterocycles. The Kier molecular flexibility index (Phi) is 12.6. The van der Waals surface area contributed by atoms with Gasteiger partial charge < -0.3 is 103 Å². The second-order valence-electron chi connectivity index (χ2n) is 11.5. The zero-order valence-electron chi connectivity index (χ0n) is 23.8. The molecular formula is C24H47N5O15. The van der Waals surface area contributed by atoms with Gasteiger partial charge in [0.2, 0.25) is 0 Å². The molecule has 19 atom stereocenters. The highest BCUT2D eigenvalue weighted by Gasteiger charge is 2.55. The molecule has 18 N–H and O–H groups in total. The van der Waals surface area contributed by atoms with Crippen LogP contribution in [0, 0.1) is 0 Å². The van der Waals surface area contributed by atoms with E-state index in [0.29, 0.717) is 0 Å². The van der Waals surface area contributed by atoms with Gasteiger partial charge >= 0.3 is 0 Å². The van der Waals surface area contributed by atoms with Crippen molar-refractivity contribution in [3.05, 3.63) is 0 Å². The minimum absolute atomic E-state index is 0.0641. The summed E-state index contributed by atoms with van der Waals surface area (Å²) < 4.78 is 40.7. The van der Waals surface area contributed by atoms with Crippen LogP contribution in [0.4, 0.5) is 0 Å². The highest BCUT2D eigenvalue weighted by Crippen LogP contribution is 2.35. The van der Waals surface area contributed by atoms with Crippen LogP contribution in [0.15, 0.2) is 0 Å². The normalized spacial score (nSPS) is 51.9. The summed E-state index contributed by atoms with van der Waals surface area (Å²) in [7, 11) is 0. The van der Waals surface area contributed by atoms with Gasteiger partial charge in [0.25, 0.3) is 0 Å². The minimum Gasteiger partial charge on any atom is -0.394 e. The molecule has 4 rings (SSSR count). The largest absolute Gasteiger partial charge is 0.394 e. The molecule has 3 aliphatic heterocycles. The fraction of sp³-hybridized carbons (Fsp3) is 1.00. The second-order valence-corrected chi connectivity index (χ2v) is 11.5. The fourth-order valence-corrected chi connectivity index (χ4v) is 5.81. The van der Waals surface area contributed by atoms with Gasteiger partial charge in [-0.1, -0.05) is 0 Å². The number of nitrogens with two attached hydrogens (primary N) is 5. The number of hydrogen-bond donors (Lipinski definition) is 13. The number of rotatable bonds is 11. The molecule has 20 nitrogen and oxygen atoms in total. The summed E-state index contributed by atoms with van der Waals surface area (Å²) >= 11 is 0. The van der Waals surface area contributed by atoms with Crippen molar-refractivity contribution in [3.8, 4) is 0 Å². The third-order valence-electron chi connectivity index (χ3n) is 8.40. The van der Waals surface area contributed by atoms with Crippen molar-refractivity contribution in [3.63, 3.8) is 0 Å². The van der Waals surface area contributed by atoms with E-state index in [1.54, 1.807) is 0 Å². The van der Waals surface area contributed by atoms with Crippen LogP contribution >= 0.6 is 0 Å². The number of ether oxygens (including phenoxy) is 7. The standard InChI is InChI=1S/C24H47N5O15/c25-6-3-7(26)17(41-22-10(27)14(35)13(34)8(4-31)39-22)19(12(6)33)43-24-20(38-2-1-30)18(9(5-32)40-24)42-23-11(28)15(36)16(37)21(29)44-23/h6-24,30-37H,1-5,25-29H2. The first kappa shape index (κ1) is 36.0. The van der Waals surface area contributed by atoms with E-state index in [1.807, 2.05) is 0 Å². The van der Waals surface area contributed by atoms with Crippen molar-refractivity contribution in [2.75, 3.05) is 26.4 Å². The van der Waals surface area contributed by atoms with Crippen LogP contribution in [0.3, 0.4) is 0 Å². The van der Waals surface area contributed by atoms with Gasteiger partial charge in [0.05, 0.1) is 44.6 Å². The quantitative estimate of drug-likeness (QED) is 0.0991. The van der Waals surface area contributed by atoms with E-state index in [0.717, 1.165) is 0 Å². The van der Waals surface area contributed by atoms with Crippen molar-refractivity contribution in [2.24, 2.45) is 28.7 Å². The first-order chi connectivity index (χ1) is 20.8. The molecule has 19 unspecified atom stereocenters. The predicted octanol–water partition coefficient (Wildman–Crippen LogP) is -8.89. The van der Waals surface area contributed by atoms with Gasteiger partial charge in [-0.3, -0.25) is 0 Å². The maximum Gasteiger partial charge on any atom is 0.187 e. The van der Waals surface area contributed by atoms with Crippen LogP contribution in [0.5, 0.6) is 0 Å². The van der Waals surface area contributed by atoms with E-state index in [9.17, 15) is 40.9 Å². The third kappa shape index (κ3) is 7.35. The molecule has 0 aromatic rings. The van der Waals surface area contributed by atoms with Gasteiger partial charge in [-0.2, -0.15) is 0 Å². The molecule has 0 amide bonds. The van der Waals surface area contributed by atoms with Crippen LogP contribution < -0.4 is 28.7 Å². The Morgan fingerprint density at radius 1 is 0.545 bits per heavy atom. The van der Waals surface area contributed by atoms with E-state index in [4.69, 9.17) is 61.8 Å². The Labute approximate surface area is 252 Å². The minimum atomic E-state index is -1.53. The molecule has 0 radical (unpaired) electrons. The second kappa shape index (κ2) is 15.4. The predicted molar refractivity (Wildman–Crippen MR) is 142 cm³/mol. The maximum absolute atomic E-state index is 11.1. The van der Waals surface area contributed by atoms with E-state index >= 15 is 0 Å². The maximum atomic E-state index is 11.1. The summed E-state index contributed by atoms with van der Waals surface area (Å²) in [4.78, 5) is 0. The van der Waals surface area contributed by atoms with Crippen LogP contribution in [0.2, 0.25) is 0 Å². The first-order valence-electron chi connectivity index (χ1n) is 14.4. The Morgan fingerprint density at radius 2 is 1.09 bits per heavy atom. The van der Waals surface area contributed by atoms with Gasteiger partial charge in [-0.25, -0.2) is 0 Å². The smallest absolute Gasteiger partial charge is 0.187 e. The Balaban J connectivity index is 1.56. The number of aliphatic hydroxyl groups excluding tert-OH is 8. The molecule has 4 fully saturated rings. The van der Waals surface area contributed by atoms with Crippen LogP contribution in [-0.4, -0.2) is 184 Å². The molecule has 1 aliphatic carbocycles. The van der Waals surface area contributed by atoms with E-state index in [1.165, 1.54) is 0 Å². The molecule has 44 heavy (non-hydrogen) atoms. The van der Waals surface area contributed by atoms with Crippen LogP contribution in [0.1, 0.15) is 6.42 Å². The SMILES string of the molecule is NC1CC(N)C(OC2OC(CO)C(O)C(O)C2N)C(OC2OC(CO)C(OC3OC(N)C(O)C(O)C3N)C2OCCO)C1O. The lowest BCUT2D eigenvalue weighted by atomic mass is 9.84. The lowest BCUT2D eigenvalue weighted by molar-refractivity contribution is -0.312. The van der Waals surface area contributed by atoms with E-state index in [2.05, 4.69) is 0 Å². The molecule has 258 valence electrons. The summed E-state index contributed by atoms with van der Waals surface area (Å²) in [6.45, 7) is -1.97. The molecule has 20 heteroatoms. The monoisotopic (exact) mass is 645 g/mol. The molecule has 0 aromatic heterocycles. The highest BCUT2D eigenvalue weighted by atomic mass is 16.8. The fourth-order valence-electron chi connectivity index (χ4n) is 5.81. The Bertz CT molecular complexity index is 901. The van der Waals surface area contributed by atoms with Crippen molar-refractivity contribution < 1.29 is 74.0 Å². The molecule has 0 bridgehead atoms. The Hall–Kier alpha value is -0.800. The van der Waals surface area contributed by atoms with Gasteiger partial charge in [0.1, 0.15) is 67.3 Å². The number of hydrogen-bond acceptors (Lipinski definition) is 20. The molecule has 0 aromatic carbocycles. The third-order valence-corrected chi connectivity index (χ3v) is 8.40. The molecule has 4 aliphatic rings. The van der Waals surface area contributed by atoms with Gasteiger partial charge in [0.15, 0.2) is 18.9 Å². The highest BCUT2D eigenvalue weighted by molar-refractivity contribution is 5.02. The zero-order chi connectivity index (χ0) is 32.5. The van der Waals surface area contributed by atoms with Crippen LogP contribution in [-0.2, 0) is 33.2 Å². The molecular weight excluding hydrogens is 598 g/mol. The number of aliphatic hydroxyl groups is 8. The first-order valence-corrected chi connectivity index (χ1v) is 14.4. The summed E-state index contributed by atoms with van der Waals surface area (Å²) in [6, 6.07) is -4.33. The van der Waals surface area contributed by atoms with Gasteiger partial charge in [-0.15, -0.1) is 0 Å². The summed E-state index contributed by atoms with van der Waals surface area (Å²) in [5.41, 5.74) is 30.2. The van der Waals surface area contributed by atoms with Crippen molar-refractivity contribution in [2.45, 2.75) is 123 Å². The topological polar surface area (TPSA) is 357 Å². The van der Waals surface area contributed by atoms with Gasteiger partial charge in [0, 0.05) is 12.1 Å². The van der Waals surface area contributed by atoms with Crippen molar-refractivity contribution >= 4 is 0 Å². The van der Waals surface area contributed by atoms with Gasteiger partial charge in [-0.05, 0) is 6.42 Å². The summed E-state index contributed by atoms with van der Waals surface area (Å²) in [6.07, 6.45) is -20.3. The van der Waals surface area contributed by atoms with E-state index in [-0.39, 0.29) is 13.0 Å². The Morgan fingerprint density at radius 3 is 1.70 bits per heavy atom. The summed E-state index contributed by atoms with van der Waals surface area (Å²) in [5, 5.41) is 81.0. The average molecular weight is 646 g/mol. The molecule has 0 spiro atoms. The van der Waals surface area contributed by atoms with Crippen LogP contribution in [0.25, 0.3) is 0 Å².